The van der Waals surface area contributed by atoms with Gasteiger partial charge in [-0.25, -0.2) is 0 Å². The summed E-state index contributed by atoms with van der Waals surface area (Å²) in [5, 5.41) is 6.92. The Morgan fingerprint density at radius 1 is 0.951 bits per heavy atom. The standard InChI is InChI=1S/C33H40N4O3S/c1-7-37(32(40)28-18-17-27(41-28)22-13-9-8-10-14-22)26(21(2)3)20-34-31(39)29(33(4,5)6)36-30(38)25-19-23-15-11-12-16-24(23)35-25/h8-19,21,26,29,35H,7,20H2,1-6H3,(H,34,39)(H,36,38)/t26-,29-/m1/s1. The minimum absolute atomic E-state index is 0.0490. The highest BCUT2D eigenvalue weighted by molar-refractivity contribution is 7.17. The van der Waals surface area contributed by atoms with Gasteiger partial charge < -0.3 is 20.5 Å². The molecule has 0 unspecified atom stereocenters. The maximum Gasteiger partial charge on any atom is 0.268 e. The van der Waals surface area contributed by atoms with Crippen LogP contribution in [0.15, 0.2) is 72.8 Å². The highest BCUT2D eigenvalue weighted by Crippen LogP contribution is 2.29. The number of carbonyl (C=O) groups excluding carboxylic acids is 3. The van der Waals surface area contributed by atoms with Crippen LogP contribution in [0.1, 0.15) is 61.7 Å². The van der Waals surface area contributed by atoms with Crippen LogP contribution in [0.4, 0.5) is 0 Å². The van der Waals surface area contributed by atoms with E-state index in [1.807, 2.05) is 99.3 Å². The molecule has 4 aromatic rings. The van der Waals surface area contributed by atoms with E-state index in [2.05, 4.69) is 29.5 Å². The number of rotatable bonds is 10. The molecule has 0 bridgehead atoms. The average Bonchev–Trinajstić information content (AvgIpc) is 3.61. The number of carbonyl (C=O) groups is 3. The van der Waals surface area contributed by atoms with Crippen molar-refractivity contribution in [3.05, 3.63) is 83.4 Å². The van der Waals surface area contributed by atoms with E-state index in [1.54, 1.807) is 6.07 Å². The highest BCUT2D eigenvalue weighted by Gasteiger charge is 2.35. The molecule has 2 aromatic heterocycles. The smallest absolute Gasteiger partial charge is 0.268 e. The van der Waals surface area contributed by atoms with Crippen LogP contribution < -0.4 is 10.6 Å². The molecule has 41 heavy (non-hydrogen) atoms. The van der Waals surface area contributed by atoms with Gasteiger partial charge in [0.1, 0.15) is 11.7 Å². The van der Waals surface area contributed by atoms with E-state index in [0.717, 1.165) is 21.3 Å². The van der Waals surface area contributed by atoms with Crippen molar-refractivity contribution in [3.63, 3.8) is 0 Å². The summed E-state index contributed by atoms with van der Waals surface area (Å²) < 4.78 is 0. The number of nitrogens with one attached hydrogen (secondary N) is 3. The molecule has 2 aromatic carbocycles. The van der Waals surface area contributed by atoms with Crippen molar-refractivity contribution in [2.24, 2.45) is 11.3 Å². The molecule has 0 saturated heterocycles. The number of likely N-dealkylation sites (N-methyl/N-ethyl adjacent to an activating group) is 1. The van der Waals surface area contributed by atoms with E-state index >= 15 is 0 Å². The lowest BCUT2D eigenvalue weighted by Crippen LogP contribution is -2.56. The molecule has 0 aliphatic heterocycles. The molecule has 0 radical (unpaired) electrons. The number of fused-ring (bicyclic) bond motifs is 1. The number of aromatic nitrogens is 1. The van der Waals surface area contributed by atoms with Gasteiger partial charge in [0.15, 0.2) is 0 Å². The van der Waals surface area contributed by atoms with Crippen molar-refractivity contribution < 1.29 is 14.4 Å². The summed E-state index contributed by atoms with van der Waals surface area (Å²) in [6.07, 6.45) is 0. The monoisotopic (exact) mass is 572 g/mol. The van der Waals surface area contributed by atoms with Gasteiger partial charge in [0, 0.05) is 28.9 Å². The summed E-state index contributed by atoms with van der Waals surface area (Å²) >= 11 is 1.48. The normalized spacial score (nSPS) is 13.1. The Bertz CT molecular complexity index is 1470. The third kappa shape index (κ3) is 7.06. The van der Waals surface area contributed by atoms with E-state index in [-0.39, 0.29) is 36.2 Å². The van der Waals surface area contributed by atoms with Gasteiger partial charge in [0.25, 0.3) is 11.8 Å². The van der Waals surface area contributed by atoms with Crippen LogP contribution in [0.2, 0.25) is 0 Å². The fourth-order valence-corrected chi connectivity index (χ4v) is 5.94. The molecule has 2 heterocycles. The lowest BCUT2D eigenvalue weighted by molar-refractivity contribution is -0.125. The fraction of sp³-hybridized carbons (Fsp3) is 0.364. The molecule has 216 valence electrons. The van der Waals surface area contributed by atoms with Crippen molar-refractivity contribution in [2.75, 3.05) is 13.1 Å². The Morgan fingerprint density at radius 2 is 1.63 bits per heavy atom. The Morgan fingerprint density at radius 3 is 2.27 bits per heavy atom. The molecule has 2 atom stereocenters. The van der Waals surface area contributed by atoms with Gasteiger partial charge in [-0.15, -0.1) is 11.3 Å². The molecule has 3 amide bonds. The lowest BCUT2D eigenvalue weighted by atomic mass is 9.86. The largest absolute Gasteiger partial charge is 0.352 e. The maximum atomic E-state index is 13.6. The Labute approximate surface area is 246 Å². The van der Waals surface area contributed by atoms with Crippen LogP contribution in [0.5, 0.6) is 0 Å². The van der Waals surface area contributed by atoms with Crippen LogP contribution >= 0.6 is 11.3 Å². The first kappa shape index (κ1) is 30.1. The quantitative estimate of drug-likeness (QED) is 0.207. The predicted molar refractivity (Wildman–Crippen MR) is 167 cm³/mol. The van der Waals surface area contributed by atoms with Gasteiger partial charge in [0.2, 0.25) is 5.91 Å². The van der Waals surface area contributed by atoms with Gasteiger partial charge in [-0.2, -0.15) is 0 Å². The second-order valence-electron chi connectivity index (χ2n) is 11.7. The number of amides is 3. The summed E-state index contributed by atoms with van der Waals surface area (Å²) in [7, 11) is 0. The van der Waals surface area contributed by atoms with Crippen molar-refractivity contribution in [1.29, 1.82) is 0 Å². The summed E-state index contributed by atoms with van der Waals surface area (Å²) in [5.41, 5.74) is 1.81. The predicted octanol–water partition coefficient (Wildman–Crippen LogP) is 6.34. The number of aromatic amines is 1. The zero-order valence-electron chi connectivity index (χ0n) is 24.7. The average molecular weight is 573 g/mol. The third-order valence-corrected chi connectivity index (χ3v) is 8.43. The molecule has 3 N–H and O–H groups in total. The van der Waals surface area contributed by atoms with Gasteiger partial charge in [-0.05, 0) is 48.1 Å². The zero-order chi connectivity index (χ0) is 29.7. The molecule has 0 saturated carbocycles. The van der Waals surface area contributed by atoms with Crippen LogP contribution in [0.25, 0.3) is 21.3 Å². The topological polar surface area (TPSA) is 94.3 Å². The summed E-state index contributed by atoms with van der Waals surface area (Å²) in [5.74, 6) is -0.568. The van der Waals surface area contributed by atoms with Gasteiger partial charge in [-0.1, -0.05) is 83.1 Å². The highest BCUT2D eigenvalue weighted by atomic mass is 32.1. The molecule has 0 aliphatic rings. The van der Waals surface area contributed by atoms with Crippen molar-refractivity contribution in [3.8, 4) is 10.4 Å². The van der Waals surface area contributed by atoms with Crippen LogP contribution in [0.3, 0.4) is 0 Å². The second kappa shape index (κ2) is 12.7. The molecule has 4 rings (SSSR count). The van der Waals surface area contributed by atoms with E-state index in [9.17, 15) is 14.4 Å². The molecule has 0 aliphatic carbocycles. The van der Waals surface area contributed by atoms with Crippen molar-refractivity contribution in [2.45, 2.75) is 53.6 Å². The summed E-state index contributed by atoms with van der Waals surface area (Å²) in [6.45, 7) is 12.6. The SMILES string of the molecule is CCN(C(=O)c1ccc(-c2ccccc2)s1)[C@H](CNC(=O)[C@@H](NC(=O)c1cc2ccccc2[nH]1)C(C)(C)C)C(C)C. The van der Waals surface area contributed by atoms with Crippen LogP contribution in [-0.2, 0) is 4.79 Å². The Hall–Kier alpha value is -3.91. The van der Waals surface area contributed by atoms with E-state index in [0.29, 0.717) is 17.1 Å². The number of nitrogens with zero attached hydrogens (tertiary/aromatic N) is 1. The molecule has 0 fully saturated rings. The summed E-state index contributed by atoms with van der Waals surface area (Å²) in [4.78, 5) is 47.0. The van der Waals surface area contributed by atoms with E-state index < -0.39 is 11.5 Å². The number of para-hydroxylation sites is 1. The Kier molecular flexibility index (Phi) is 9.33. The number of thiophene rings is 1. The number of hydrogen-bond donors (Lipinski definition) is 3. The van der Waals surface area contributed by atoms with Crippen LogP contribution in [0, 0.1) is 11.3 Å². The first-order valence-electron chi connectivity index (χ1n) is 14.1. The lowest BCUT2D eigenvalue weighted by Gasteiger charge is -2.35. The van der Waals surface area contributed by atoms with Crippen molar-refractivity contribution in [1.82, 2.24) is 20.5 Å². The third-order valence-electron chi connectivity index (χ3n) is 7.31. The van der Waals surface area contributed by atoms with Crippen LogP contribution in [-0.4, -0.2) is 52.8 Å². The molecule has 0 spiro atoms. The fourth-order valence-electron chi connectivity index (χ4n) is 4.97. The second-order valence-corrected chi connectivity index (χ2v) is 12.8. The minimum Gasteiger partial charge on any atom is -0.352 e. The number of benzene rings is 2. The number of hydrogen-bond acceptors (Lipinski definition) is 4. The van der Waals surface area contributed by atoms with E-state index in [1.165, 1.54) is 11.3 Å². The summed E-state index contributed by atoms with van der Waals surface area (Å²) in [6, 6.07) is 22.3. The molecule has 8 heteroatoms. The zero-order valence-corrected chi connectivity index (χ0v) is 25.5. The molecular weight excluding hydrogens is 532 g/mol. The minimum atomic E-state index is -0.772. The van der Waals surface area contributed by atoms with Gasteiger partial charge >= 0.3 is 0 Å². The van der Waals surface area contributed by atoms with Gasteiger partial charge in [-0.3, -0.25) is 14.4 Å². The van der Waals surface area contributed by atoms with Crippen molar-refractivity contribution >= 4 is 40.0 Å². The first-order valence-corrected chi connectivity index (χ1v) is 14.9. The molecular formula is C33H40N4O3S. The van der Waals surface area contributed by atoms with E-state index in [4.69, 9.17) is 0 Å². The van der Waals surface area contributed by atoms with Gasteiger partial charge in [0.05, 0.1) is 10.9 Å². The number of H-pyrrole nitrogens is 1. The first-order chi connectivity index (χ1) is 19.5. The maximum absolute atomic E-state index is 13.6. The molecule has 7 nitrogen and oxygen atoms in total. The Balaban J connectivity index is 1.46.